The molecule has 3 atom stereocenters. The summed E-state index contributed by atoms with van der Waals surface area (Å²) in [5.74, 6) is -0.254. The van der Waals surface area contributed by atoms with Gasteiger partial charge in [0.1, 0.15) is 23.5 Å². The van der Waals surface area contributed by atoms with Gasteiger partial charge >= 0.3 is 0 Å². The number of aliphatic hydroxyl groups excluding tert-OH is 1. The smallest absolute Gasteiger partial charge is 0.274 e. The van der Waals surface area contributed by atoms with Crippen LogP contribution in [0.1, 0.15) is 16.1 Å². The van der Waals surface area contributed by atoms with Crippen LogP contribution in [0.4, 0.5) is 0 Å². The van der Waals surface area contributed by atoms with Gasteiger partial charge in [-0.3, -0.25) is 4.79 Å². The molecule has 0 saturated carbocycles. The molecular weight excluding hydrogens is 298 g/mol. The van der Waals surface area contributed by atoms with Gasteiger partial charge < -0.3 is 23.9 Å². The second-order valence-corrected chi connectivity index (χ2v) is 5.88. The molecule has 3 heterocycles. The van der Waals surface area contributed by atoms with Gasteiger partial charge in [0.25, 0.3) is 5.91 Å². The average molecular weight is 319 g/mol. The minimum Gasteiger partial charge on any atom is -0.388 e. The highest BCUT2D eigenvalue weighted by molar-refractivity contribution is 5.93. The van der Waals surface area contributed by atoms with E-state index in [1.54, 1.807) is 17.6 Å². The highest BCUT2D eigenvalue weighted by Crippen LogP contribution is 2.18. The molecule has 23 heavy (non-hydrogen) atoms. The summed E-state index contributed by atoms with van der Waals surface area (Å²) in [5, 5.41) is 10.3. The van der Waals surface area contributed by atoms with Crippen molar-refractivity contribution in [1.82, 2.24) is 14.3 Å². The molecule has 3 rings (SSSR count). The molecule has 7 heteroatoms. The predicted octanol–water partition coefficient (Wildman–Crippen LogP) is 0.489. The topological polar surface area (TPSA) is 76.3 Å². The molecule has 0 bridgehead atoms. The number of nitrogens with zero attached hydrogens (tertiary/aromatic N) is 3. The molecule has 0 spiro atoms. The number of carbonyl (C=O) groups excluding carboxylic acids is 1. The summed E-state index contributed by atoms with van der Waals surface area (Å²) in [5.41, 5.74) is 2.14. The molecule has 1 aliphatic heterocycles. The molecule has 2 aromatic rings. The number of pyridine rings is 1. The van der Waals surface area contributed by atoms with E-state index in [-0.39, 0.29) is 12.5 Å². The SMILES string of the molecule is CO[C@@H]1COC[C@@H](N(C)C(=O)c2cn3ccc(C)cc3n2)[C@@H]1O. The molecule has 0 unspecified atom stereocenters. The first-order chi connectivity index (χ1) is 11.0. The Balaban J connectivity index is 1.83. The van der Waals surface area contributed by atoms with Gasteiger partial charge in [-0.05, 0) is 24.6 Å². The molecule has 0 radical (unpaired) electrons. The molecule has 1 fully saturated rings. The normalized spacial score (nSPS) is 24.8. The third-order valence-corrected chi connectivity index (χ3v) is 4.30. The van der Waals surface area contributed by atoms with Gasteiger partial charge in [-0.2, -0.15) is 0 Å². The van der Waals surface area contributed by atoms with Crippen molar-refractivity contribution in [2.75, 3.05) is 27.4 Å². The van der Waals surface area contributed by atoms with Gasteiger partial charge in [0.05, 0.1) is 19.3 Å². The van der Waals surface area contributed by atoms with Crippen LogP contribution in [0.5, 0.6) is 0 Å². The lowest BCUT2D eigenvalue weighted by Gasteiger charge is -2.38. The van der Waals surface area contributed by atoms with Crippen LogP contribution >= 0.6 is 0 Å². The number of carbonyl (C=O) groups is 1. The number of hydrogen-bond acceptors (Lipinski definition) is 5. The van der Waals surface area contributed by atoms with E-state index in [0.717, 1.165) is 11.2 Å². The summed E-state index contributed by atoms with van der Waals surface area (Å²) in [7, 11) is 3.17. The Morgan fingerprint density at radius 3 is 3.04 bits per heavy atom. The van der Waals surface area contributed by atoms with E-state index in [1.807, 2.05) is 25.3 Å². The molecule has 1 N–H and O–H groups in total. The van der Waals surface area contributed by atoms with Crippen LogP contribution in [0.15, 0.2) is 24.5 Å². The maximum atomic E-state index is 12.7. The third kappa shape index (κ3) is 2.95. The van der Waals surface area contributed by atoms with E-state index >= 15 is 0 Å². The number of aliphatic hydroxyl groups is 1. The Morgan fingerprint density at radius 2 is 2.30 bits per heavy atom. The third-order valence-electron chi connectivity index (χ3n) is 4.30. The fraction of sp³-hybridized carbons (Fsp3) is 0.500. The highest BCUT2D eigenvalue weighted by atomic mass is 16.5. The van der Waals surface area contributed by atoms with Gasteiger partial charge in [0.15, 0.2) is 0 Å². The molecule has 1 saturated heterocycles. The number of amides is 1. The number of aromatic nitrogens is 2. The standard InChI is InChI=1S/C16H21N3O4/c1-10-4-5-19-7-11(17-14(19)6-10)16(21)18(2)12-8-23-9-13(22-3)15(12)20/h4-7,12-13,15,20H,8-9H2,1-3H3/t12-,13-,15+/m1/s1. The van der Waals surface area contributed by atoms with E-state index in [9.17, 15) is 9.90 Å². The number of ether oxygens (including phenoxy) is 2. The molecule has 1 amide bonds. The largest absolute Gasteiger partial charge is 0.388 e. The van der Waals surface area contributed by atoms with Crippen molar-refractivity contribution in [2.24, 2.45) is 0 Å². The molecule has 0 aromatic carbocycles. The number of imidazole rings is 1. The van der Waals surface area contributed by atoms with Crippen molar-refractivity contribution in [2.45, 2.75) is 25.2 Å². The van der Waals surface area contributed by atoms with Gasteiger partial charge in [0, 0.05) is 26.6 Å². The lowest BCUT2D eigenvalue weighted by Crippen LogP contribution is -2.56. The summed E-state index contributed by atoms with van der Waals surface area (Å²) < 4.78 is 12.4. The first kappa shape index (κ1) is 15.9. The van der Waals surface area contributed by atoms with Crippen molar-refractivity contribution in [3.63, 3.8) is 0 Å². The van der Waals surface area contributed by atoms with Crippen LogP contribution in [0, 0.1) is 6.92 Å². The second kappa shape index (κ2) is 6.27. The van der Waals surface area contributed by atoms with Gasteiger partial charge in [-0.25, -0.2) is 4.98 Å². The van der Waals surface area contributed by atoms with Crippen molar-refractivity contribution in [1.29, 1.82) is 0 Å². The Morgan fingerprint density at radius 1 is 1.52 bits per heavy atom. The number of rotatable bonds is 3. The molecule has 1 aliphatic rings. The zero-order valence-corrected chi connectivity index (χ0v) is 13.5. The summed E-state index contributed by atoms with van der Waals surface area (Å²) in [4.78, 5) is 18.5. The van der Waals surface area contributed by atoms with E-state index in [0.29, 0.717) is 12.3 Å². The molecule has 2 aromatic heterocycles. The van der Waals surface area contributed by atoms with E-state index in [2.05, 4.69) is 4.98 Å². The van der Waals surface area contributed by atoms with Crippen LogP contribution in [-0.2, 0) is 9.47 Å². The van der Waals surface area contributed by atoms with E-state index in [4.69, 9.17) is 9.47 Å². The quantitative estimate of drug-likeness (QED) is 0.891. The Kier molecular flexibility index (Phi) is 4.34. The van der Waals surface area contributed by atoms with Gasteiger partial charge in [-0.15, -0.1) is 0 Å². The minimum atomic E-state index is -0.790. The second-order valence-electron chi connectivity index (χ2n) is 5.88. The van der Waals surface area contributed by atoms with Crippen LogP contribution < -0.4 is 0 Å². The van der Waals surface area contributed by atoms with Crippen molar-refractivity contribution in [3.8, 4) is 0 Å². The van der Waals surface area contributed by atoms with E-state index < -0.39 is 18.2 Å². The Bertz CT molecular complexity index is 714. The maximum absolute atomic E-state index is 12.7. The lowest BCUT2D eigenvalue weighted by atomic mass is 10.0. The zero-order valence-electron chi connectivity index (χ0n) is 13.5. The number of fused-ring (bicyclic) bond motifs is 1. The van der Waals surface area contributed by atoms with Crippen LogP contribution in [0.3, 0.4) is 0 Å². The van der Waals surface area contributed by atoms with E-state index in [1.165, 1.54) is 12.0 Å². The number of aryl methyl sites for hydroxylation is 1. The fourth-order valence-corrected chi connectivity index (χ4v) is 2.82. The minimum absolute atomic E-state index is 0.254. The van der Waals surface area contributed by atoms with Gasteiger partial charge in [-0.1, -0.05) is 0 Å². The number of likely N-dealkylation sites (N-methyl/N-ethyl adjacent to an activating group) is 1. The Labute approximate surface area is 134 Å². The molecule has 124 valence electrons. The summed E-state index contributed by atoms with van der Waals surface area (Å²) >= 11 is 0. The summed E-state index contributed by atoms with van der Waals surface area (Å²) in [6, 6.07) is 3.40. The predicted molar refractivity (Wildman–Crippen MR) is 83.4 cm³/mol. The first-order valence-electron chi connectivity index (χ1n) is 7.52. The highest BCUT2D eigenvalue weighted by Gasteiger charge is 2.37. The monoisotopic (exact) mass is 319 g/mol. The fourth-order valence-electron chi connectivity index (χ4n) is 2.82. The first-order valence-corrected chi connectivity index (χ1v) is 7.52. The van der Waals surface area contributed by atoms with Crippen molar-refractivity contribution in [3.05, 3.63) is 35.8 Å². The van der Waals surface area contributed by atoms with Crippen molar-refractivity contribution >= 4 is 11.6 Å². The number of methoxy groups -OCH3 is 1. The maximum Gasteiger partial charge on any atom is 0.274 e. The molecular formula is C16H21N3O4. The average Bonchev–Trinajstić information content (AvgIpc) is 2.96. The van der Waals surface area contributed by atoms with Crippen LogP contribution in [0.2, 0.25) is 0 Å². The van der Waals surface area contributed by atoms with Gasteiger partial charge in [0.2, 0.25) is 0 Å². The molecule has 7 nitrogen and oxygen atoms in total. The summed E-state index contributed by atoms with van der Waals surface area (Å²) in [6.07, 6.45) is 2.33. The molecule has 0 aliphatic carbocycles. The van der Waals surface area contributed by atoms with Crippen LogP contribution in [-0.4, -0.2) is 70.9 Å². The summed E-state index contributed by atoms with van der Waals surface area (Å²) in [6.45, 7) is 2.57. The van der Waals surface area contributed by atoms with Crippen LogP contribution in [0.25, 0.3) is 5.65 Å². The lowest BCUT2D eigenvalue weighted by molar-refractivity contribution is -0.135. The van der Waals surface area contributed by atoms with Crippen molar-refractivity contribution < 1.29 is 19.4 Å². The zero-order chi connectivity index (χ0) is 16.6. The Hall–Kier alpha value is -1.96. The number of hydrogen-bond donors (Lipinski definition) is 1.